The van der Waals surface area contributed by atoms with Gasteiger partial charge in [0.2, 0.25) is 5.91 Å². The predicted octanol–water partition coefficient (Wildman–Crippen LogP) is 3.03. The fourth-order valence-electron chi connectivity index (χ4n) is 3.23. The van der Waals surface area contributed by atoms with Crippen LogP contribution >= 0.6 is 0 Å². The quantitative estimate of drug-likeness (QED) is 0.670. The fraction of sp³-hybridized carbons (Fsp3) is 0.476. The monoisotopic (exact) mass is 384 g/mol. The Labute approximate surface area is 166 Å². The van der Waals surface area contributed by atoms with Gasteiger partial charge in [0.15, 0.2) is 5.82 Å². The van der Waals surface area contributed by atoms with Crippen molar-refractivity contribution in [3.63, 3.8) is 0 Å². The number of piperidine rings is 1. The van der Waals surface area contributed by atoms with E-state index in [4.69, 9.17) is 9.47 Å². The van der Waals surface area contributed by atoms with E-state index in [1.165, 1.54) is 0 Å². The van der Waals surface area contributed by atoms with Crippen molar-refractivity contribution in [2.75, 3.05) is 37.7 Å². The van der Waals surface area contributed by atoms with Gasteiger partial charge in [-0.2, -0.15) is 0 Å². The Morgan fingerprint density at radius 1 is 1.18 bits per heavy atom. The molecule has 1 fully saturated rings. The molecule has 0 aliphatic carbocycles. The molecule has 1 amide bonds. The lowest BCUT2D eigenvalue weighted by Crippen LogP contribution is -2.41. The first-order chi connectivity index (χ1) is 13.8. The Bertz CT molecular complexity index is 733. The lowest BCUT2D eigenvalue weighted by Gasteiger charge is -2.32. The number of hydrogen-bond acceptors (Lipinski definition) is 6. The lowest BCUT2D eigenvalue weighted by atomic mass is 9.96. The highest BCUT2D eigenvalue weighted by atomic mass is 16.5. The molecule has 7 nitrogen and oxygen atoms in total. The molecule has 28 heavy (non-hydrogen) atoms. The van der Waals surface area contributed by atoms with E-state index in [1.54, 1.807) is 12.4 Å². The molecule has 0 saturated carbocycles. The largest absolute Gasteiger partial charge is 0.436 e. The third-order valence-electron chi connectivity index (χ3n) is 4.74. The molecule has 1 aromatic heterocycles. The van der Waals surface area contributed by atoms with E-state index in [-0.39, 0.29) is 11.8 Å². The zero-order chi connectivity index (χ0) is 19.6. The third kappa shape index (κ3) is 5.66. The van der Waals surface area contributed by atoms with Gasteiger partial charge in [-0.25, -0.2) is 9.97 Å². The number of carbonyl (C=O) groups excluding carboxylic acids is 1. The van der Waals surface area contributed by atoms with Gasteiger partial charge < -0.3 is 19.7 Å². The normalized spacial score (nSPS) is 14.7. The zero-order valence-corrected chi connectivity index (χ0v) is 16.3. The Morgan fingerprint density at radius 3 is 2.68 bits per heavy atom. The first-order valence-corrected chi connectivity index (χ1v) is 9.92. The van der Waals surface area contributed by atoms with E-state index in [0.29, 0.717) is 25.6 Å². The summed E-state index contributed by atoms with van der Waals surface area (Å²) in [6, 6.07) is 9.56. The summed E-state index contributed by atoms with van der Waals surface area (Å²) in [5.74, 6) is 2.12. The second kappa shape index (κ2) is 10.6. The highest BCUT2D eigenvalue weighted by Crippen LogP contribution is 2.30. The summed E-state index contributed by atoms with van der Waals surface area (Å²) in [5, 5.41) is 3.02. The van der Waals surface area contributed by atoms with E-state index >= 15 is 0 Å². The number of aromatic nitrogens is 2. The van der Waals surface area contributed by atoms with Crippen LogP contribution < -0.4 is 15.0 Å². The molecule has 1 aromatic carbocycles. The predicted molar refractivity (Wildman–Crippen MR) is 108 cm³/mol. The summed E-state index contributed by atoms with van der Waals surface area (Å²) in [5.41, 5.74) is 0. The highest BCUT2D eigenvalue weighted by molar-refractivity contribution is 5.79. The molecule has 2 aromatic rings. The maximum atomic E-state index is 12.4. The zero-order valence-electron chi connectivity index (χ0n) is 16.3. The van der Waals surface area contributed by atoms with E-state index in [1.807, 2.05) is 37.3 Å². The maximum Gasteiger partial charge on any atom is 0.263 e. The minimum Gasteiger partial charge on any atom is -0.436 e. The average Bonchev–Trinajstić information content (AvgIpc) is 2.75. The van der Waals surface area contributed by atoms with Gasteiger partial charge in [0, 0.05) is 51.2 Å². The van der Waals surface area contributed by atoms with Crippen LogP contribution in [0.4, 0.5) is 5.82 Å². The van der Waals surface area contributed by atoms with Gasteiger partial charge in [-0.05, 0) is 38.3 Å². The number of carbonyl (C=O) groups is 1. The van der Waals surface area contributed by atoms with E-state index in [0.717, 1.165) is 43.9 Å². The molecular formula is C21H28N4O3. The van der Waals surface area contributed by atoms with Gasteiger partial charge in [0.05, 0.1) is 0 Å². The smallest absolute Gasteiger partial charge is 0.263 e. The van der Waals surface area contributed by atoms with Crippen molar-refractivity contribution in [2.45, 2.75) is 26.2 Å². The van der Waals surface area contributed by atoms with Crippen LogP contribution in [0.1, 0.15) is 26.2 Å². The molecule has 1 saturated heterocycles. The molecule has 7 heteroatoms. The van der Waals surface area contributed by atoms with Crippen LogP contribution in [0.25, 0.3) is 0 Å². The summed E-state index contributed by atoms with van der Waals surface area (Å²) < 4.78 is 11.2. The molecule has 150 valence electrons. The van der Waals surface area contributed by atoms with Crippen molar-refractivity contribution in [2.24, 2.45) is 5.92 Å². The highest BCUT2D eigenvalue weighted by Gasteiger charge is 2.27. The topological polar surface area (TPSA) is 76.6 Å². The Balaban J connectivity index is 1.52. The van der Waals surface area contributed by atoms with Crippen LogP contribution in [0.2, 0.25) is 0 Å². The number of anilines is 1. The van der Waals surface area contributed by atoms with Gasteiger partial charge in [-0.1, -0.05) is 18.2 Å². The third-order valence-corrected chi connectivity index (χ3v) is 4.74. The number of nitrogens with one attached hydrogen (secondary N) is 1. The molecule has 2 heterocycles. The van der Waals surface area contributed by atoms with E-state index in [9.17, 15) is 4.79 Å². The summed E-state index contributed by atoms with van der Waals surface area (Å²) in [4.78, 5) is 23.3. The van der Waals surface area contributed by atoms with Crippen molar-refractivity contribution >= 4 is 11.7 Å². The van der Waals surface area contributed by atoms with Crippen molar-refractivity contribution < 1.29 is 14.3 Å². The molecule has 0 spiro atoms. The second-order valence-electron chi connectivity index (χ2n) is 6.70. The molecule has 1 aliphatic heterocycles. The lowest BCUT2D eigenvalue weighted by molar-refractivity contribution is -0.125. The van der Waals surface area contributed by atoms with Crippen LogP contribution in [0.3, 0.4) is 0 Å². The summed E-state index contributed by atoms with van der Waals surface area (Å²) in [6.45, 7) is 5.54. The Kier molecular flexibility index (Phi) is 7.61. The van der Waals surface area contributed by atoms with Crippen LogP contribution in [-0.4, -0.2) is 48.7 Å². The molecule has 1 aliphatic rings. The Morgan fingerprint density at radius 2 is 1.93 bits per heavy atom. The number of hydrogen-bond donors (Lipinski definition) is 1. The minimum atomic E-state index is 0.0403. The number of amides is 1. The van der Waals surface area contributed by atoms with Gasteiger partial charge in [-0.15, -0.1) is 0 Å². The standard InChI is InChI=1S/C21H28N4O3/c1-2-27-16-6-11-23-20(26)17-9-14-25(15-10-17)19-21(24-13-12-22-19)28-18-7-4-3-5-8-18/h3-5,7-8,12-13,17H,2,6,9-11,14-16H2,1H3,(H,23,26). The average molecular weight is 384 g/mol. The van der Waals surface area contributed by atoms with Crippen molar-refractivity contribution in [3.05, 3.63) is 42.7 Å². The van der Waals surface area contributed by atoms with Gasteiger partial charge >= 0.3 is 0 Å². The molecule has 0 unspecified atom stereocenters. The minimum absolute atomic E-state index is 0.0403. The molecule has 0 bridgehead atoms. The number of ether oxygens (including phenoxy) is 2. The molecule has 1 N–H and O–H groups in total. The molecule has 0 atom stereocenters. The van der Waals surface area contributed by atoms with Crippen LogP contribution in [0, 0.1) is 5.92 Å². The van der Waals surface area contributed by atoms with Crippen molar-refractivity contribution in [1.82, 2.24) is 15.3 Å². The van der Waals surface area contributed by atoms with Crippen LogP contribution in [0.15, 0.2) is 42.7 Å². The van der Waals surface area contributed by atoms with Crippen molar-refractivity contribution in [1.29, 1.82) is 0 Å². The number of benzene rings is 1. The van der Waals surface area contributed by atoms with Crippen molar-refractivity contribution in [3.8, 4) is 11.6 Å². The van der Waals surface area contributed by atoms with Gasteiger partial charge in [0.1, 0.15) is 5.75 Å². The van der Waals surface area contributed by atoms with Gasteiger partial charge in [0.25, 0.3) is 5.88 Å². The number of para-hydroxylation sites is 1. The van der Waals surface area contributed by atoms with E-state index in [2.05, 4.69) is 20.2 Å². The molecule has 0 radical (unpaired) electrons. The fourth-order valence-corrected chi connectivity index (χ4v) is 3.23. The second-order valence-corrected chi connectivity index (χ2v) is 6.70. The number of nitrogens with zero attached hydrogens (tertiary/aromatic N) is 3. The molecule has 3 rings (SSSR count). The summed E-state index contributed by atoms with van der Waals surface area (Å²) in [6.07, 6.45) is 5.73. The van der Waals surface area contributed by atoms with E-state index < -0.39 is 0 Å². The Hall–Kier alpha value is -2.67. The van der Waals surface area contributed by atoms with Gasteiger partial charge in [-0.3, -0.25) is 4.79 Å². The van der Waals surface area contributed by atoms with Crippen LogP contribution in [0.5, 0.6) is 11.6 Å². The first-order valence-electron chi connectivity index (χ1n) is 9.92. The SMILES string of the molecule is CCOCCCNC(=O)C1CCN(c2nccnc2Oc2ccccc2)CC1. The first kappa shape index (κ1) is 20.1. The summed E-state index contributed by atoms with van der Waals surface area (Å²) in [7, 11) is 0. The maximum absolute atomic E-state index is 12.4. The summed E-state index contributed by atoms with van der Waals surface area (Å²) >= 11 is 0. The molecular weight excluding hydrogens is 356 g/mol. The number of rotatable bonds is 9. The van der Waals surface area contributed by atoms with Crippen LogP contribution in [-0.2, 0) is 9.53 Å².